The summed E-state index contributed by atoms with van der Waals surface area (Å²) in [6, 6.07) is 0.479. The molecule has 3 atom stereocenters. The molecule has 0 radical (unpaired) electrons. The zero-order valence-corrected chi connectivity index (χ0v) is 12.7. The standard InChI is InChI=1S/C15H29N3O/c1-4-8-13-15(19)18(14(5-2)16-13)12-9-7-10-17(6-3)11-12/h12-14,16H,4-11H2,1-3H3. The maximum Gasteiger partial charge on any atom is 0.241 e. The number of hydrogen-bond donors (Lipinski definition) is 1. The van der Waals surface area contributed by atoms with Crippen molar-refractivity contribution in [3.63, 3.8) is 0 Å². The van der Waals surface area contributed by atoms with E-state index in [0.29, 0.717) is 11.9 Å². The molecule has 2 saturated heterocycles. The first-order chi connectivity index (χ1) is 9.21. The fourth-order valence-corrected chi connectivity index (χ4v) is 3.51. The van der Waals surface area contributed by atoms with Gasteiger partial charge in [-0.15, -0.1) is 0 Å². The zero-order valence-electron chi connectivity index (χ0n) is 12.7. The van der Waals surface area contributed by atoms with Crippen molar-refractivity contribution in [2.45, 2.75) is 71.1 Å². The fourth-order valence-electron chi connectivity index (χ4n) is 3.51. The van der Waals surface area contributed by atoms with Gasteiger partial charge < -0.3 is 9.80 Å². The Morgan fingerprint density at radius 1 is 1.32 bits per heavy atom. The van der Waals surface area contributed by atoms with Gasteiger partial charge in [-0.05, 0) is 38.8 Å². The summed E-state index contributed by atoms with van der Waals surface area (Å²) in [6.45, 7) is 9.88. The highest BCUT2D eigenvalue weighted by Gasteiger charge is 2.41. The topological polar surface area (TPSA) is 35.6 Å². The minimum Gasteiger partial charge on any atom is -0.322 e. The first-order valence-corrected chi connectivity index (χ1v) is 8.01. The van der Waals surface area contributed by atoms with Gasteiger partial charge in [0.05, 0.1) is 12.2 Å². The monoisotopic (exact) mass is 267 g/mol. The van der Waals surface area contributed by atoms with E-state index >= 15 is 0 Å². The number of likely N-dealkylation sites (tertiary alicyclic amines) is 1. The Morgan fingerprint density at radius 2 is 2.11 bits per heavy atom. The van der Waals surface area contributed by atoms with Crippen LogP contribution in [0.1, 0.15) is 52.9 Å². The molecule has 0 spiro atoms. The second kappa shape index (κ2) is 6.71. The van der Waals surface area contributed by atoms with Crippen molar-refractivity contribution in [2.75, 3.05) is 19.6 Å². The van der Waals surface area contributed by atoms with Crippen LogP contribution >= 0.6 is 0 Å². The molecule has 0 bridgehead atoms. The molecule has 4 nitrogen and oxygen atoms in total. The van der Waals surface area contributed by atoms with E-state index in [-0.39, 0.29) is 12.2 Å². The Bertz CT molecular complexity index is 308. The molecule has 110 valence electrons. The Balaban J connectivity index is 2.05. The van der Waals surface area contributed by atoms with Gasteiger partial charge in [0.1, 0.15) is 0 Å². The van der Waals surface area contributed by atoms with Crippen LogP contribution in [0.3, 0.4) is 0 Å². The molecule has 19 heavy (non-hydrogen) atoms. The molecule has 2 heterocycles. The van der Waals surface area contributed by atoms with Crippen molar-refractivity contribution in [3.05, 3.63) is 0 Å². The molecule has 2 aliphatic rings. The molecular formula is C15H29N3O. The number of piperidine rings is 1. The molecule has 0 aliphatic carbocycles. The fraction of sp³-hybridized carbons (Fsp3) is 0.933. The van der Waals surface area contributed by atoms with Crippen LogP contribution in [0.25, 0.3) is 0 Å². The Labute approximate surface area is 117 Å². The first kappa shape index (κ1) is 14.8. The molecule has 1 amide bonds. The van der Waals surface area contributed by atoms with Crippen LogP contribution in [0.4, 0.5) is 0 Å². The van der Waals surface area contributed by atoms with Gasteiger partial charge in [0.25, 0.3) is 0 Å². The Kier molecular flexibility index (Phi) is 5.22. The molecule has 2 fully saturated rings. The maximum atomic E-state index is 12.6. The van der Waals surface area contributed by atoms with Gasteiger partial charge in [-0.3, -0.25) is 10.1 Å². The summed E-state index contributed by atoms with van der Waals surface area (Å²) in [5, 5.41) is 3.53. The SMILES string of the molecule is CCCC1NC(CC)N(C2CCCN(CC)C2)C1=O. The number of amides is 1. The Hall–Kier alpha value is -0.610. The van der Waals surface area contributed by atoms with E-state index in [1.807, 2.05) is 0 Å². The largest absolute Gasteiger partial charge is 0.322 e. The number of rotatable bonds is 5. The summed E-state index contributed by atoms with van der Waals surface area (Å²) < 4.78 is 0. The second-order valence-electron chi connectivity index (χ2n) is 5.87. The van der Waals surface area contributed by atoms with E-state index in [1.54, 1.807) is 0 Å². The third-order valence-electron chi connectivity index (χ3n) is 4.57. The molecule has 1 N–H and O–H groups in total. The zero-order chi connectivity index (χ0) is 13.8. The van der Waals surface area contributed by atoms with Gasteiger partial charge in [0.2, 0.25) is 5.91 Å². The molecule has 2 rings (SSSR count). The van der Waals surface area contributed by atoms with Crippen LogP contribution in [0.2, 0.25) is 0 Å². The number of carbonyl (C=O) groups is 1. The third kappa shape index (κ3) is 3.11. The quantitative estimate of drug-likeness (QED) is 0.825. The van der Waals surface area contributed by atoms with Crippen LogP contribution in [0.5, 0.6) is 0 Å². The molecule has 0 saturated carbocycles. The molecular weight excluding hydrogens is 238 g/mol. The van der Waals surface area contributed by atoms with E-state index in [2.05, 4.69) is 35.9 Å². The smallest absolute Gasteiger partial charge is 0.241 e. The molecule has 0 aromatic heterocycles. The summed E-state index contributed by atoms with van der Waals surface area (Å²) in [5.74, 6) is 0.344. The molecule has 2 aliphatic heterocycles. The third-order valence-corrected chi connectivity index (χ3v) is 4.57. The van der Waals surface area contributed by atoms with Crippen molar-refractivity contribution in [2.24, 2.45) is 0 Å². The predicted molar refractivity (Wildman–Crippen MR) is 77.9 cm³/mol. The lowest BCUT2D eigenvalue weighted by molar-refractivity contribution is -0.133. The van der Waals surface area contributed by atoms with Crippen molar-refractivity contribution in [3.8, 4) is 0 Å². The lowest BCUT2D eigenvalue weighted by Gasteiger charge is -2.39. The van der Waals surface area contributed by atoms with Crippen LogP contribution in [-0.2, 0) is 4.79 Å². The van der Waals surface area contributed by atoms with Crippen molar-refractivity contribution < 1.29 is 4.79 Å². The van der Waals surface area contributed by atoms with E-state index in [4.69, 9.17) is 0 Å². The molecule has 0 aromatic carbocycles. The lowest BCUT2D eigenvalue weighted by atomic mass is 10.0. The van der Waals surface area contributed by atoms with E-state index in [0.717, 1.165) is 32.4 Å². The van der Waals surface area contributed by atoms with Gasteiger partial charge >= 0.3 is 0 Å². The van der Waals surface area contributed by atoms with Crippen LogP contribution in [0.15, 0.2) is 0 Å². The van der Waals surface area contributed by atoms with Gasteiger partial charge in [0, 0.05) is 12.6 Å². The van der Waals surface area contributed by atoms with E-state index < -0.39 is 0 Å². The predicted octanol–water partition coefficient (Wildman–Crippen LogP) is 1.81. The maximum absolute atomic E-state index is 12.6. The van der Waals surface area contributed by atoms with Crippen molar-refractivity contribution in [1.29, 1.82) is 0 Å². The number of carbonyl (C=O) groups excluding carboxylic acids is 1. The number of hydrogen-bond acceptors (Lipinski definition) is 3. The summed E-state index contributed by atoms with van der Waals surface area (Å²) in [6.07, 6.45) is 5.69. The van der Waals surface area contributed by atoms with Crippen LogP contribution < -0.4 is 5.32 Å². The number of likely N-dealkylation sites (N-methyl/N-ethyl adjacent to an activating group) is 1. The summed E-state index contributed by atoms with van der Waals surface area (Å²) >= 11 is 0. The molecule has 0 aromatic rings. The minimum atomic E-state index is 0.0620. The average Bonchev–Trinajstić information content (AvgIpc) is 2.76. The normalized spacial score (nSPS) is 33.1. The van der Waals surface area contributed by atoms with Crippen molar-refractivity contribution in [1.82, 2.24) is 15.1 Å². The van der Waals surface area contributed by atoms with Crippen LogP contribution in [0, 0.1) is 0 Å². The van der Waals surface area contributed by atoms with Gasteiger partial charge in [-0.2, -0.15) is 0 Å². The van der Waals surface area contributed by atoms with E-state index in [1.165, 1.54) is 19.4 Å². The highest BCUT2D eigenvalue weighted by atomic mass is 16.2. The van der Waals surface area contributed by atoms with Gasteiger partial charge in [0.15, 0.2) is 0 Å². The average molecular weight is 267 g/mol. The van der Waals surface area contributed by atoms with E-state index in [9.17, 15) is 4.79 Å². The molecule has 3 unspecified atom stereocenters. The number of nitrogens with zero attached hydrogens (tertiary/aromatic N) is 2. The highest BCUT2D eigenvalue weighted by molar-refractivity contribution is 5.84. The van der Waals surface area contributed by atoms with Crippen molar-refractivity contribution >= 4 is 5.91 Å². The summed E-state index contributed by atoms with van der Waals surface area (Å²) in [5.41, 5.74) is 0. The van der Waals surface area contributed by atoms with Gasteiger partial charge in [-0.25, -0.2) is 0 Å². The highest BCUT2D eigenvalue weighted by Crippen LogP contribution is 2.24. The van der Waals surface area contributed by atoms with Crippen LogP contribution in [-0.4, -0.2) is 53.6 Å². The summed E-state index contributed by atoms with van der Waals surface area (Å²) in [4.78, 5) is 17.2. The van der Waals surface area contributed by atoms with Gasteiger partial charge in [-0.1, -0.05) is 27.2 Å². The minimum absolute atomic E-state index is 0.0620. The lowest BCUT2D eigenvalue weighted by Crippen LogP contribution is -2.52. The number of nitrogens with one attached hydrogen (secondary N) is 1. The molecule has 4 heteroatoms. The first-order valence-electron chi connectivity index (χ1n) is 8.01. The summed E-state index contributed by atoms with van der Waals surface area (Å²) in [7, 11) is 0. The second-order valence-corrected chi connectivity index (χ2v) is 5.87. The Morgan fingerprint density at radius 3 is 2.74 bits per heavy atom.